The molecule has 0 fully saturated rings. The lowest BCUT2D eigenvalue weighted by Gasteiger charge is -2.21. The van der Waals surface area contributed by atoms with Gasteiger partial charge in [-0.2, -0.15) is 0 Å². The van der Waals surface area contributed by atoms with E-state index in [1.165, 1.54) is 12.1 Å². The number of aliphatic imine (C=N–C) groups is 1. The molecule has 77 heavy (non-hydrogen) atoms. The number of unbranched alkanes of at least 4 members (excludes halogenated alkanes) is 1. The molecule has 5 amide bonds. The van der Waals surface area contributed by atoms with Gasteiger partial charge in [0, 0.05) is 66.2 Å². The van der Waals surface area contributed by atoms with Gasteiger partial charge in [-0.1, -0.05) is 5.11 Å². The van der Waals surface area contributed by atoms with E-state index in [9.17, 15) is 37.2 Å². The van der Waals surface area contributed by atoms with Gasteiger partial charge in [0.2, 0.25) is 29.6 Å². The van der Waals surface area contributed by atoms with Crippen molar-refractivity contribution in [1.82, 2.24) is 26.0 Å². The fourth-order valence-corrected chi connectivity index (χ4v) is 9.70. The molecule has 1 aliphatic heterocycles. The van der Waals surface area contributed by atoms with E-state index in [0.717, 1.165) is 5.56 Å². The number of hydrogen-bond acceptors (Lipinski definition) is 16. The van der Waals surface area contributed by atoms with Crippen molar-refractivity contribution < 1.29 is 60.5 Å². The van der Waals surface area contributed by atoms with E-state index < -0.39 is 75.2 Å². The first-order valence-electron chi connectivity index (χ1n) is 25.4. The number of aryl methyl sites for hydroxylation is 1. The van der Waals surface area contributed by atoms with Crippen LogP contribution in [-0.4, -0.2) is 133 Å². The zero-order chi connectivity index (χ0) is 56.9. The predicted molar refractivity (Wildman–Crippen MR) is 287 cm³/mol. The first kappa shape index (κ1) is 62.5. The van der Waals surface area contributed by atoms with Crippen molar-refractivity contribution in [1.29, 1.82) is 0 Å². The highest BCUT2D eigenvalue weighted by molar-refractivity contribution is 7.90. The number of hydrogen-bond donors (Lipinski definition) is 7. The third-order valence-electron chi connectivity index (χ3n) is 11.9. The molecule has 1 aromatic heterocycles. The monoisotopic (exact) mass is 1100 g/mol. The first-order chi connectivity index (χ1) is 36.3. The van der Waals surface area contributed by atoms with Crippen LogP contribution in [0.4, 0.5) is 10.5 Å². The average molecular weight is 1100 g/mol. The summed E-state index contributed by atoms with van der Waals surface area (Å²) < 4.78 is 62.8. The average Bonchev–Trinajstić information content (AvgIpc) is 3.71. The number of alkyl carbamates (subject to hydrolysis) is 1. The molecule has 424 valence electrons. The quantitative estimate of drug-likeness (QED) is 0.00932. The Bertz CT molecular complexity index is 2820. The third kappa shape index (κ3) is 20.8. The Hall–Kier alpha value is -6.99. The number of azide groups is 1. The van der Waals surface area contributed by atoms with Gasteiger partial charge < -0.3 is 60.4 Å². The standard InChI is InChI=1S/C51H75N11O14S/c1-31-27-43(65)74-40-28-35(15-16-36(31)40)58-47(67)39(13-10-11-18-55-49(68)76-50(5,6)7)60-42(64)30-56-46(66)38(59-41(63)17-21-71-23-25-73-26-24-72-22-20-57-62-53)14-12-19-54-48(52)61-77(69,70)45-33(3)32(2)44-37(34(45)4)29-51(8,9)75-44/h15-16,27-28,38-39H,10-14,17-26,29-30H2,1-9H3,(H,55,68)(H,56,66)(H,58,67)(H,59,63)(H,60,64)(H3,52,54,61)/t38-,39-/m0/s1. The summed E-state index contributed by atoms with van der Waals surface area (Å²) in [5.41, 5.74) is 16.4. The zero-order valence-electron chi connectivity index (χ0n) is 45.5. The summed E-state index contributed by atoms with van der Waals surface area (Å²) in [6.45, 7) is 17.0. The number of nitrogens with one attached hydrogen (secondary N) is 6. The number of sulfonamides is 1. The Balaban J connectivity index is 1.40. The van der Waals surface area contributed by atoms with Crippen molar-refractivity contribution in [2.45, 2.75) is 135 Å². The summed E-state index contributed by atoms with van der Waals surface area (Å²) >= 11 is 0. The molecular formula is C51H75N11O14S. The molecule has 0 saturated carbocycles. The van der Waals surface area contributed by atoms with Crippen LogP contribution >= 0.6 is 0 Å². The number of guanidine groups is 1. The van der Waals surface area contributed by atoms with Crippen LogP contribution in [0.5, 0.6) is 5.75 Å². The number of ether oxygens (including phenoxy) is 5. The van der Waals surface area contributed by atoms with Crippen LogP contribution in [0.3, 0.4) is 0 Å². The molecule has 4 rings (SSSR count). The van der Waals surface area contributed by atoms with Gasteiger partial charge in [0.1, 0.15) is 34.6 Å². The van der Waals surface area contributed by atoms with E-state index in [1.54, 1.807) is 60.6 Å². The highest BCUT2D eigenvalue weighted by Crippen LogP contribution is 2.43. The molecule has 2 atom stereocenters. The van der Waals surface area contributed by atoms with Gasteiger partial charge in [-0.05, 0) is 134 Å². The Morgan fingerprint density at radius 3 is 2.17 bits per heavy atom. The molecule has 26 heteroatoms. The minimum absolute atomic E-state index is 0.0170. The van der Waals surface area contributed by atoms with Crippen LogP contribution in [0, 0.1) is 27.7 Å². The number of amides is 5. The molecule has 8 N–H and O–H groups in total. The van der Waals surface area contributed by atoms with Gasteiger partial charge in [-0.3, -0.25) is 24.2 Å². The van der Waals surface area contributed by atoms with E-state index in [1.807, 2.05) is 13.8 Å². The van der Waals surface area contributed by atoms with Gasteiger partial charge in [0.15, 0.2) is 0 Å². The smallest absolute Gasteiger partial charge is 0.407 e. The summed E-state index contributed by atoms with van der Waals surface area (Å²) in [5.74, 6) is -2.36. The van der Waals surface area contributed by atoms with Crippen molar-refractivity contribution in [2.75, 3.05) is 71.1 Å². The largest absolute Gasteiger partial charge is 0.487 e. The lowest BCUT2D eigenvalue weighted by atomic mass is 9.94. The maximum atomic E-state index is 13.8. The molecule has 2 heterocycles. The number of carbonyl (C=O) groups is 5. The second-order valence-electron chi connectivity index (χ2n) is 19.9. The van der Waals surface area contributed by atoms with E-state index >= 15 is 0 Å². The molecule has 0 spiro atoms. The summed E-state index contributed by atoms with van der Waals surface area (Å²) in [6.07, 6.45) is 0.771. The van der Waals surface area contributed by atoms with Gasteiger partial charge in [0.25, 0.3) is 10.0 Å². The number of anilines is 1. The number of fused-ring (bicyclic) bond motifs is 2. The summed E-state index contributed by atoms with van der Waals surface area (Å²) in [5, 5.41) is 17.3. The van der Waals surface area contributed by atoms with E-state index in [2.05, 4.69) is 46.3 Å². The second-order valence-corrected chi connectivity index (χ2v) is 21.6. The van der Waals surface area contributed by atoms with Crippen LogP contribution in [0.2, 0.25) is 0 Å². The van der Waals surface area contributed by atoms with Gasteiger partial charge in [-0.15, -0.1) is 0 Å². The predicted octanol–water partition coefficient (Wildman–Crippen LogP) is 4.28. The van der Waals surface area contributed by atoms with Crippen molar-refractivity contribution in [3.8, 4) is 5.75 Å². The van der Waals surface area contributed by atoms with Gasteiger partial charge >= 0.3 is 11.7 Å². The van der Waals surface area contributed by atoms with Gasteiger partial charge in [0.05, 0.1) is 51.1 Å². The summed E-state index contributed by atoms with van der Waals surface area (Å²) in [6, 6.07) is 3.81. The second kappa shape index (κ2) is 29.5. The maximum absolute atomic E-state index is 13.8. The highest BCUT2D eigenvalue weighted by Gasteiger charge is 2.37. The van der Waals surface area contributed by atoms with Crippen LogP contribution in [-0.2, 0) is 54.6 Å². The van der Waals surface area contributed by atoms with Crippen LogP contribution in [0.25, 0.3) is 21.4 Å². The van der Waals surface area contributed by atoms with Gasteiger partial charge in [-0.25, -0.2) is 22.7 Å². The van der Waals surface area contributed by atoms with E-state index in [-0.39, 0.29) is 107 Å². The van der Waals surface area contributed by atoms with Crippen LogP contribution < -0.4 is 47.4 Å². The number of benzene rings is 2. The summed E-state index contributed by atoms with van der Waals surface area (Å²) in [4.78, 5) is 85.3. The molecule has 25 nitrogen and oxygen atoms in total. The molecular weight excluding hydrogens is 1020 g/mol. The van der Waals surface area contributed by atoms with Crippen molar-refractivity contribution in [3.05, 3.63) is 72.9 Å². The Kier molecular flexibility index (Phi) is 24.0. The van der Waals surface area contributed by atoms with Crippen LogP contribution in [0.1, 0.15) is 101 Å². The first-order valence-corrected chi connectivity index (χ1v) is 26.9. The number of nitrogens with two attached hydrogens (primary N) is 1. The Morgan fingerprint density at radius 1 is 0.831 bits per heavy atom. The summed E-state index contributed by atoms with van der Waals surface area (Å²) in [7, 11) is -4.20. The van der Waals surface area contributed by atoms with E-state index in [4.69, 9.17) is 39.4 Å². The molecule has 1 aliphatic rings. The maximum Gasteiger partial charge on any atom is 0.407 e. The highest BCUT2D eigenvalue weighted by atomic mass is 32.2. The lowest BCUT2D eigenvalue weighted by Crippen LogP contribution is -2.51. The molecule has 0 bridgehead atoms. The minimum Gasteiger partial charge on any atom is -0.487 e. The molecule has 2 aromatic carbocycles. The van der Waals surface area contributed by atoms with Crippen LogP contribution in [0.15, 0.2) is 48.5 Å². The third-order valence-corrected chi connectivity index (χ3v) is 13.5. The zero-order valence-corrected chi connectivity index (χ0v) is 46.3. The molecule has 3 aromatic rings. The molecule has 0 saturated heterocycles. The fraction of sp³-hybridized carbons (Fsp3) is 0.588. The minimum atomic E-state index is -4.20. The lowest BCUT2D eigenvalue weighted by molar-refractivity contribution is -0.131. The Labute approximate surface area is 448 Å². The van der Waals surface area contributed by atoms with Crippen molar-refractivity contribution in [2.24, 2.45) is 15.8 Å². The molecule has 0 radical (unpaired) electrons. The fourth-order valence-electron chi connectivity index (χ4n) is 8.17. The van der Waals surface area contributed by atoms with Crippen molar-refractivity contribution >= 4 is 62.4 Å². The normalized spacial score (nSPS) is 13.8. The molecule has 0 aliphatic carbocycles. The molecule has 0 unspecified atom stereocenters. The topological polar surface area (TPSA) is 355 Å². The number of rotatable bonds is 30. The number of carbonyl (C=O) groups excluding carboxylic acids is 5. The Morgan fingerprint density at radius 2 is 1.48 bits per heavy atom. The number of nitrogens with zero attached hydrogens (tertiary/aromatic N) is 4. The van der Waals surface area contributed by atoms with Crippen molar-refractivity contribution in [3.63, 3.8) is 0 Å². The van der Waals surface area contributed by atoms with E-state index in [0.29, 0.717) is 52.7 Å². The SMILES string of the molecule is Cc1c(C)c(S(=O)(=O)NC(N)=NCCC[C@H](NC(=O)CCOCCOCCOCCN=[N+]=[N-])C(=O)NCC(=O)N[C@@H](CCCCNC(=O)OC(C)(C)C)C(=O)Nc2ccc3c(C)cc(=O)oc3c2)c(C)c2c1OC(C)(C)C2.